The number of rotatable bonds is 2. The molecule has 0 radical (unpaired) electrons. The normalized spacial score (nSPS) is 11.8. The lowest BCUT2D eigenvalue weighted by molar-refractivity contribution is -0.141. The molecule has 0 unspecified atom stereocenters. The number of pyridine rings is 1. The standard InChI is InChI=1S/C14H11ClF3NO2/c1-6-7(2)21-8(3)11(6)12(20)9-4-5-10(14(16,17)18)19-13(9)15/h4-5H,1-3H3. The molecule has 0 fully saturated rings. The van der Waals surface area contributed by atoms with Crippen LogP contribution in [0.2, 0.25) is 5.15 Å². The Hall–Kier alpha value is -1.82. The van der Waals surface area contributed by atoms with E-state index in [0.29, 0.717) is 22.6 Å². The Balaban J connectivity index is 2.50. The van der Waals surface area contributed by atoms with Gasteiger partial charge in [-0.05, 0) is 32.9 Å². The first-order valence-corrected chi connectivity index (χ1v) is 6.35. The summed E-state index contributed by atoms with van der Waals surface area (Å²) < 4.78 is 42.9. The number of aryl methyl sites for hydroxylation is 2. The molecule has 0 bridgehead atoms. The molecule has 0 saturated carbocycles. The molecular weight excluding hydrogens is 307 g/mol. The van der Waals surface area contributed by atoms with E-state index in [9.17, 15) is 18.0 Å². The molecule has 0 atom stereocenters. The van der Waals surface area contributed by atoms with Gasteiger partial charge in [0.05, 0.1) is 11.1 Å². The van der Waals surface area contributed by atoms with Gasteiger partial charge in [0.2, 0.25) is 0 Å². The highest BCUT2D eigenvalue weighted by atomic mass is 35.5. The topological polar surface area (TPSA) is 43.1 Å². The Morgan fingerprint density at radius 3 is 2.24 bits per heavy atom. The minimum absolute atomic E-state index is 0.0864. The Morgan fingerprint density at radius 1 is 1.19 bits per heavy atom. The maximum Gasteiger partial charge on any atom is 0.433 e. The van der Waals surface area contributed by atoms with Crippen LogP contribution in [-0.2, 0) is 6.18 Å². The van der Waals surface area contributed by atoms with Crippen LogP contribution >= 0.6 is 11.6 Å². The largest absolute Gasteiger partial charge is 0.466 e. The second-order valence-corrected chi connectivity index (χ2v) is 4.93. The summed E-state index contributed by atoms with van der Waals surface area (Å²) in [5.41, 5.74) is -0.290. The van der Waals surface area contributed by atoms with Crippen molar-refractivity contribution in [2.24, 2.45) is 0 Å². The maximum absolute atomic E-state index is 12.5. The number of nitrogens with zero attached hydrogens (tertiary/aromatic N) is 1. The maximum atomic E-state index is 12.5. The van der Waals surface area contributed by atoms with Gasteiger partial charge in [0.15, 0.2) is 5.78 Å². The fraction of sp³-hybridized carbons (Fsp3) is 0.286. The van der Waals surface area contributed by atoms with Crippen LogP contribution in [0.5, 0.6) is 0 Å². The van der Waals surface area contributed by atoms with Crippen LogP contribution in [0.25, 0.3) is 0 Å². The molecule has 0 saturated heterocycles. The van der Waals surface area contributed by atoms with E-state index >= 15 is 0 Å². The fourth-order valence-electron chi connectivity index (χ4n) is 2.02. The summed E-state index contributed by atoms with van der Waals surface area (Å²) in [6, 6.07) is 1.76. The highest BCUT2D eigenvalue weighted by molar-refractivity contribution is 6.34. The SMILES string of the molecule is Cc1oc(C)c(C(=O)c2ccc(C(F)(F)F)nc2Cl)c1C. The van der Waals surface area contributed by atoms with Crippen molar-refractivity contribution in [3.8, 4) is 0 Å². The van der Waals surface area contributed by atoms with Crippen molar-refractivity contribution in [2.45, 2.75) is 26.9 Å². The molecule has 7 heteroatoms. The van der Waals surface area contributed by atoms with E-state index in [1.807, 2.05) is 0 Å². The molecule has 2 aromatic heterocycles. The lowest BCUT2D eigenvalue weighted by Crippen LogP contribution is -2.11. The molecule has 2 aromatic rings. The lowest BCUT2D eigenvalue weighted by atomic mass is 10.0. The third-order valence-corrected chi connectivity index (χ3v) is 3.46. The Labute approximate surface area is 123 Å². The number of furan rings is 1. The predicted octanol–water partition coefficient (Wildman–Crippen LogP) is 4.50. The first-order valence-electron chi connectivity index (χ1n) is 5.98. The summed E-state index contributed by atoms with van der Waals surface area (Å²) in [4.78, 5) is 15.7. The molecule has 0 aliphatic rings. The molecule has 0 aliphatic carbocycles. The average Bonchev–Trinajstić information content (AvgIpc) is 2.61. The third-order valence-electron chi connectivity index (χ3n) is 3.17. The van der Waals surface area contributed by atoms with Crippen molar-refractivity contribution < 1.29 is 22.4 Å². The average molecular weight is 318 g/mol. The summed E-state index contributed by atoms with van der Waals surface area (Å²) in [6.45, 7) is 5.01. The number of carbonyl (C=O) groups is 1. The van der Waals surface area contributed by atoms with Gasteiger partial charge in [-0.2, -0.15) is 13.2 Å². The first kappa shape index (κ1) is 15.6. The number of alkyl halides is 3. The van der Waals surface area contributed by atoms with E-state index in [1.54, 1.807) is 20.8 Å². The number of hydrogen-bond acceptors (Lipinski definition) is 3. The van der Waals surface area contributed by atoms with Gasteiger partial charge in [0, 0.05) is 5.56 Å². The Morgan fingerprint density at radius 2 is 1.81 bits per heavy atom. The second-order valence-electron chi connectivity index (χ2n) is 4.58. The Bertz CT molecular complexity index is 720. The van der Waals surface area contributed by atoms with Crippen LogP contribution in [0.15, 0.2) is 16.5 Å². The van der Waals surface area contributed by atoms with Gasteiger partial charge in [-0.15, -0.1) is 0 Å². The van der Waals surface area contributed by atoms with Gasteiger partial charge in [-0.1, -0.05) is 11.6 Å². The van der Waals surface area contributed by atoms with E-state index in [-0.39, 0.29) is 5.56 Å². The van der Waals surface area contributed by atoms with E-state index in [2.05, 4.69) is 4.98 Å². The predicted molar refractivity (Wildman–Crippen MR) is 70.6 cm³/mol. The molecule has 0 aliphatic heterocycles. The zero-order valence-electron chi connectivity index (χ0n) is 11.4. The summed E-state index contributed by atoms with van der Waals surface area (Å²) in [5.74, 6) is 0.464. The van der Waals surface area contributed by atoms with Gasteiger partial charge in [0.1, 0.15) is 22.4 Å². The van der Waals surface area contributed by atoms with E-state index in [0.717, 1.165) is 12.1 Å². The molecular formula is C14H11ClF3NO2. The molecule has 21 heavy (non-hydrogen) atoms. The minimum Gasteiger partial charge on any atom is -0.466 e. The number of ketones is 1. The van der Waals surface area contributed by atoms with E-state index in [1.165, 1.54) is 0 Å². The molecule has 0 aromatic carbocycles. The van der Waals surface area contributed by atoms with Crippen molar-refractivity contribution in [1.82, 2.24) is 4.98 Å². The van der Waals surface area contributed by atoms with Gasteiger partial charge >= 0.3 is 6.18 Å². The lowest BCUT2D eigenvalue weighted by Gasteiger charge is -2.08. The van der Waals surface area contributed by atoms with Gasteiger partial charge < -0.3 is 4.42 Å². The molecule has 2 rings (SSSR count). The Kier molecular flexibility index (Phi) is 3.84. The molecule has 2 heterocycles. The quantitative estimate of drug-likeness (QED) is 0.605. The summed E-state index contributed by atoms with van der Waals surface area (Å²) in [5, 5.41) is -0.479. The summed E-state index contributed by atoms with van der Waals surface area (Å²) >= 11 is 5.73. The van der Waals surface area contributed by atoms with Gasteiger partial charge in [-0.25, -0.2) is 4.98 Å². The van der Waals surface area contributed by atoms with E-state index in [4.69, 9.17) is 16.0 Å². The number of carbonyl (C=O) groups excluding carboxylic acids is 1. The minimum atomic E-state index is -4.61. The molecule has 112 valence electrons. The zero-order chi connectivity index (χ0) is 15.9. The highest BCUT2D eigenvalue weighted by Crippen LogP contribution is 2.31. The van der Waals surface area contributed by atoms with Crippen molar-refractivity contribution in [3.63, 3.8) is 0 Å². The monoisotopic (exact) mass is 317 g/mol. The van der Waals surface area contributed by atoms with Crippen LogP contribution in [0.3, 0.4) is 0 Å². The summed E-state index contributed by atoms with van der Waals surface area (Å²) in [6.07, 6.45) is -4.61. The summed E-state index contributed by atoms with van der Waals surface area (Å²) in [7, 11) is 0. The molecule has 0 spiro atoms. The first-order chi connectivity index (χ1) is 9.62. The van der Waals surface area contributed by atoms with Crippen LogP contribution in [0, 0.1) is 20.8 Å². The smallest absolute Gasteiger partial charge is 0.433 e. The van der Waals surface area contributed by atoms with Crippen LogP contribution in [0.1, 0.15) is 38.7 Å². The van der Waals surface area contributed by atoms with E-state index < -0.39 is 22.8 Å². The van der Waals surface area contributed by atoms with Crippen molar-refractivity contribution in [2.75, 3.05) is 0 Å². The van der Waals surface area contributed by atoms with Gasteiger partial charge in [0.25, 0.3) is 0 Å². The van der Waals surface area contributed by atoms with Crippen LogP contribution < -0.4 is 0 Å². The highest BCUT2D eigenvalue weighted by Gasteiger charge is 2.33. The fourth-order valence-corrected chi connectivity index (χ4v) is 2.26. The molecule has 0 amide bonds. The number of halogens is 4. The van der Waals surface area contributed by atoms with Crippen molar-refractivity contribution in [1.29, 1.82) is 0 Å². The number of hydrogen-bond donors (Lipinski definition) is 0. The third kappa shape index (κ3) is 2.81. The van der Waals surface area contributed by atoms with Crippen LogP contribution in [0.4, 0.5) is 13.2 Å². The number of aromatic nitrogens is 1. The van der Waals surface area contributed by atoms with Crippen molar-refractivity contribution >= 4 is 17.4 Å². The molecule has 3 nitrogen and oxygen atoms in total. The second kappa shape index (κ2) is 5.18. The molecule has 0 N–H and O–H groups in total. The van der Waals surface area contributed by atoms with Crippen LogP contribution in [-0.4, -0.2) is 10.8 Å². The zero-order valence-corrected chi connectivity index (χ0v) is 12.2. The van der Waals surface area contributed by atoms with Crippen molar-refractivity contribution in [3.05, 3.63) is 51.2 Å². The van der Waals surface area contributed by atoms with Gasteiger partial charge in [-0.3, -0.25) is 4.79 Å².